The van der Waals surface area contributed by atoms with E-state index in [-0.39, 0.29) is 30.3 Å². The lowest BCUT2D eigenvalue weighted by Crippen LogP contribution is -2.42. The first-order valence-electron chi connectivity index (χ1n) is 6.26. The second kappa shape index (κ2) is 5.44. The van der Waals surface area contributed by atoms with Crippen molar-refractivity contribution >= 4 is 11.9 Å². The summed E-state index contributed by atoms with van der Waals surface area (Å²) in [7, 11) is 1.74. The molecule has 2 rings (SSSR count). The van der Waals surface area contributed by atoms with Gasteiger partial charge in [-0.2, -0.15) is 0 Å². The van der Waals surface area contributed by atoms with Crippen molar-refractivity contribution in [3.8, 4) is 0 Å². The maximum atomic E-state index is 12.2. The summed E-state index contributed by atoms with van der Waals surface area (Å²) in [6.07, 6.45) is 2.45. The number of carbonyl (C=O) groups excluding carboxylic acids is 1. The average Bonchev–Trinajstić information content (AvgIpc) is 2.96. The zero-order valence-electron chi connectivity index (χ0n) is 11.1. The largest absolute Gasteiger partial charge is 0.477 e. The van der Waals surface area contributed by atoms with E-state index >= 15 is 0 Å². The average molecular weight is 266 g/mol. The molecule has 0 aliphatic carbocycles. The number of hydrogen-bond acceptors (Lipinski definition) is 3. The molecule has 0 saturated carbocycles. The highest BCUT2D eigenvalue weighted by atomic mass is 16.5. The fourth-order valence-electron chi connectivity index (χ4n) is 2.42. The van der Waals surface area contributed by atoms with Crippen molar-refractivity contribution in [3.05, 3.63) is 24.0 Å². The molecule has 0 bridgehead atoms. The molecule has 1 aliphatic rings. The van der Waals surface area contributed by atoms with E-state index in [0.717, 1.165) is 6.42 Å². The van der Waals surface area contributed by atoms with Crippen LogP contribution in [0.3, 0.4) is 0 Å². The van der Waals surface area contributed by atoms with Gasteiger partial charge in [0.25, 0.3) is 0 Å². The highest BCUT2D eigenvalue weighted by Gasteiger charge is 2.30. The van der Waals surface area contributed by atoms with E-state index in [2.05, 4.69) is 0 Å². The van der Waals surface area contributed by atoms with Gasteiger partial charge in [0.15, 0.2) is 0 Å². The Kier molecular flexibility index (Phi) is 3.90. The van der Waals surface area contributed by atoms with Gasteiger partial charge in [0.1, 0.15) is 12.2 Å². The highest BCUT2D eigenvalue weighted by molar-refractivity contribution is 5.86. The number of nitrogens with zero attached hydrogens (tertiary/aromatic N) is 2. The number of aromatic carboxylic acids is 1. The highest BCUT2D eigenvalue weighted by Crippen LogP contribution is 2.18. The molecule has 2 atom stereocenters. The number of hydrogen-bond donors (Lipinski definition) is 1. The first-order valence-corrected chi connectivity index (χ1v) is 6.26. The van der Waals surface area contributed by atoms with E-state index < -0.39 is 5.97 Å². The number of aromatic nitrogens is 1. The van der Waals surface area contributed by atoms with Crippen LogP contribution in [0.5, 0.6) is 0 Å². The number of ether oxygens (including phenoxy) is 1. The summed E-state index contributed by atoms with van der Waals surface area (Å²) in [6, 6.07) is 3.17. The van der Waals surface area contributed by atoms with Gasteiger partial charge in [-0.05, 0) is 25.5 Å². The second-order valence-corrected chi connectivity index (χ2v) is 4.76. The molecule has 1 aromatic rings. The molecule has 104 valence electrons. The summed E-state index contributed by atoms with van der Waals surface area (Å²) in [4.78, 5) is 24.8. The molecule has 1 fully saturated rings. The molecule has 6 heteroatoms. The molecule has 19 heavy (non-hydrogen) atoms. The molecule has 2 unspecified atom stereocenters. The third kappa shape index (κ3) is 2.78. The third-order valence-electron chi connectivity index (χ3n) is 3.58. The van der Waals surface area contributed by atoms with Gasteiger partial charge < -0.3 is 19.3 Å². The number of carbonyl (C=O) groups is 2. The van der Waals surface area contributed by atoms with Crippen molar-refractivity contribution < 1.29 is 19.4 Å². The quantitative estimate of drug-likeness (QED) is 0.876. The lowest BCUT2D eigenvalue weighted by atomic mass is 10.1. The summed E-state index contributed by atoms with van der Waals surface area (Å²) in [5.74, 6) is -1.14. The summed E-state index contributed by atoms with van der Waals surface area (Å²) in [5, 5.41) is 8.99. The van der Waals surface area contributed by atoms with E-state index in [1.807, 2.05) is 6.92 Å². The Bertz CT molecular complexity index is 483. The molecule has 2 heterocycles. The maximum Gasteiger partial charge on any atom is 0.352 e. The zero-order chi connectivity index (χ0) is 14.0. The van der Waals surface area contributed by atoms with Gasteiger partial charge in [0.2, 0.25) is 5.91 Å². The smallest absolute Gasteiger partial charge is 0.352 e. The van der Waals surface area contributed by atoms with Gasteiger partial charge in [0, 0.05) is 19.9 Å². The first kappa shape index (κ1) is 13.6. The fourth-order valence-corrected chi connectivity index (χ4v) is 2.42. The predicted molar refractivity (Wildman–Crippen MR) is 68.0 cm³/mol. The van der Waals surface area contributed by atoms with E-state index in [0.29, 0.717) is 6.61 Å². The van der Waals surface area contributed by atoms with Crippen molar-refractivity contribution in [3.63, 3.8) is 0 Å². The van der Waals surface area contributed by atoms with Crippen molar-refractivity contribution in [1.82, 2.24) is 9.47 Å². The minimum atomic E-state index is -1.03. The van der Waals surface area contributed by atoms with Gasteiger partial charge in [-0.3, -0.25) is 4.79 Å². The van der Waals surface area contributed by atoms with Crippen LogP contribution in [-0.2, 0) is 16.1 Å². The van der Waals surface area contributed by atoms with Crippen molar-refractivity contribution in [2.75, 3.05) is 13.7 Å². The molecule has 0 radical (unpaired) electrons. The Morgan fingerprint density at radius 1 is 1.58 bits per heavy atom. The molecular formula is C13H18N2O4. The first-order chi connectivity index (χ1) is 9.00. The molecule has 1 N–H and O–H groups in total. The Labute approximate surface area is 111 Å². The molecular weight excluding hydrogens is 248 g/mol. The molecule has 1 saturated heterocycles. The lowest BCUT2D eigenvalue weighted by molar-refractivity contribution is -0.133. The molecule has 1 aromatic heterocycles. The molecule has 1 amide bonds. The summed E-state index contributed by atoms with van der Waals surface area (Å²) < 4.78 is 6.89. The fraction of sp³-hybridized carbons (Fsp3) is 0.538. The van der Waals surface area contributed by atoms with E-state index in [1.54, 1.807) is 24.2 Å². The number of carboxylic acids is 1. The maximum absolute atomic E-state index is 12.2. The normalized spacial score (nSPS) is 22.4. The topological polar surface area (TPSA) is 71.8 Å². The van der Waals surface area contributed by atoms with Gasteiger partial charge >= 0.3 is 5.97 Å². The van der Waals surface area contributed by atoms with Crippen LogP contribution in [0.15, 0.2) is 18.3 Å². The number of likely N-dealkylation sites (N-methyl/N-ethyl adjacent to an activating group) is 1. The van der Waals surface area contributed by atoms with E-state index in [9.17, 15) is 9.59 Å². The lowest BCUT2D eigenvalue weighted by Gasteiger charge is -2.27. The van der Waals surface area contributed by atoms with Gasteiger partial charge in [-0.15, -0.1) is 0 Å². The standard InChI is InChI=1S/C13H18N2O4/c1-9-10(5-7-19-9)14(2)12(16)8-15-6-3-4-11(15)13(17)18/h3-4,6,9-10H,5,7-8H2,1-2H3,(H,17,18). The van der Waals surface area contributed by atoms with E-state index in [1.165, 1.54) is 10.6 Å². The summed E-state index contributed by atoms with van der Waals surface area (Å²) >= 11 is 0. The van der Waals surface area contributed by atoms with Crippen LogP contribution in [0.1, 0.15) is 23.8 Å². The van der Waals surface area contributed by atoms with Crippen LogP contribution < -0.4 is 0 Å². The minimum Gasteiger partial charge on any atom is -0.477 e. The van der Waals surface area contributed by atoms with Gasteiger partial charge in [0.05, 0.1) is 12.1 Å². The minimum absolute atomic E-state index is 0.0255. The van der Waals surface area contributed by atoms with Crippen LogP contribution in [0, 0.1) is 0 Å². The third-order valence-corrected chi connectivity index (χ3v) is 3.58. The monoisotopic (exact) mass is 266 g/mol. The van der Waals surface area contributed by atoms with Crippen molar-refractivity contribution in [2.45, 2.75) is 32.0 Å². The Morgan fingerprint density at radius 2 is 2.32 bits per heavy atom. The number of amides is 1. The van der Waals surface area contributed by atoms with Crippen molar-refractivity contribution in [1.29, 1.82) is 0 Å². The Balaban J connectivity index is 2.04. The zero-order valence-corrected chi connectivity index (χ0v) is 11.1. The molecule has 0 spiro atoms. The van der Waals surface area contributed by atoms with Crippen LogP contribution in [-0.4, -0.2) is 52.3 Å². The SMILES string of the molecule is CC1OCCC1N(C)C(=O)Cn1cccc1C(=O)O. The van der Waals surface area contributed by atoms with Crippen LogP contribution in [0.4, 0.5) is 0 Å². The molecule has 0 aromatic carbocycles. The van der Waals surface area contributed by atoms with Gasteiger partial charge in [-0.25, -0.2) is 4.79 Å². The Morgan fingerprint density at radius 3 is 2.89 bits per heavy atom. The van der Waals surface area contributed by atoms with Crippen molar-refractivity contribution in [2.24, 2.45) is 0 Å². The number of carboxylic acid groups (broad SMARTS) is 1. The predicted octanol–water partition coefficient (Wildman–Crippen LogP) is 0.822. The summed E-state index contributed by atoms with van der Waals surface area (Å²) in [5.41, 5.74) is 0.123. The van der Waals surface area contributed by atoms with Crippen LogP contribution >= 0.6 is 0 Å². The summed E-state index contributed by atoms with van der Waals surface area (Å²) in [6.45, 7) is 2.64. The second-order valence-electron chi connectivity index (χ2n) is 4.76. The molecule has 6 nitrogen and oxygen atoms in total. The van der Waals surface area contributed by atoms with E-state index in [4.69, 9.17) is 9.84 Å². The molecule has 1 aliphatic heterocycles. The number of rotatable bonds is 4. The van der Waals surface area contributed by atoms with Gasteiger partial charge in [-0.1, -0.05) is 0 Å². The van der Waals surface area contributed by atoms with Crippen LogP contribution in [0.25, 0.3) is 0 Å². The Hall–Kier alpha value is -1.82. The van der Waals surface area contributed by atoms with Crippen LogP contribution in [0.2, 0.25) is 0 Å².